The second kappa shape index (κ2) is 6.53. The van der Waals surface area contributed by atoms with Gasteiger partial charge in [0.25, 0.3) is 0 Å². The van der Waals surface area contributed by atoms with Crippen LogP contribution in [0.15, 0.2) is 11.3 Å². The molecule has 0 aromatic heterocycles. The Morgan fingerprint density at radius 2 is 1.68 bits per heavy atom. The van der Waals surface area contributed by atoms with E-state index in [1.165, 1.54) is 0 Å². The van der Waals surface area contributed by atoms with Crippen LogP contribution in [0.1, 0.15) is 48.0 Å². The highest BCUT2D eigenvalue weighted by Crippen LogP contribution is 2.37. The average molecular weight is 270 g/mol. The van der Waals surface area contributed by atoms with Gasteiger partial charge in [-0.3, -0.25) is 4.79 Å². The standard InChI is InChI=1S/C15H26O4/c1-7-15(17-8-2,18-9-3)14-11(5)13(16)10(4)12(6)19-14/h10,12H,7-9H2,1-6H3. The number of hydrogen-bond donors (Lipinski definition) is 0. The molecule has 0 aliphatic carbocycles. The van der Waals surface area contributed by atoms with Crippen molar-refractivity contribution in [1.82, 2.24) is 0 Å². The SMILES string of the molecule is CCOC(CC)(OCC)C1=C(C)C(=O)C(C)C(C)O1. The second-order valence-corrected chi connectivity index (χ2v) is 4.90. The first kappa shape index (κ1) is 16.2. The molecule has 4 nitrogen and oxygen atoms in total. The molecule has 0 N–H and O–H groups in total. The number of Topliss-reactive ketones (excluding diaryl/α,β-unsaturated/α-hetero) is 1. The van der Waals surface area contributed by atoms with Crippen molar-refractivity contribution in [3.8, 4) is 0 Å². The van der Waals surface area contributed by atoms with Crippen LogP contribution in [0, 0.1) is 5.92 Å². The second-order valence-electron chi connectivity index (χ2n) is 4.90. The lowest BCUT2D eigenvalue weighted by Crippen LogP contribution is -2.45. The van der Waals surface area contributed by atoms with Crippen LogP contribution in [0.5, 0.6) is 0 Å². The molecule has 1 aliphatic rings. The highest BCUT2D eigenvalue weighted by Gasteiger charge is 2.44. The van der Waals surface area contributed by atoms with Crippen molar-refractivity contribution < 1.29 is 19.0 Å². The van der Waals surface area contributed by atoms with E-state index in [9.17, 15) is 4.79 Å². The summed E-state index contributed by atoms with van der Waals surface area (Å²) in [6.07, 6.45) is 0.452. The number of allylic oxidation sites excluding steroid dienone is 1. The quantitative estimate of drug-likeness (QED) is 0.696. The van der Waals surface area contributed by atoms with Gasteiger partial charge in [-0.2, -0.15) is 0 Å². The molecule has 19 heavy (non-hydrogen) atoms. The van der Waals surface area contributed by atoms with Crippen LogP contribution in [0.4, 0.5) is 0 Å². The third-order valence-corrected chi connectivity index (χ3v) is 3.70. The van der Waals surface area contributed by atoms with Crippen LogP contribution in [0.3, 0.4) is 0 Å². The minimum atomic E-state index is -0.933. The van der Waals surface area contributed by atoms with Crippen LogP contribution in [0.25, 0.3) is 0 Å². The van der Waals surface area contributed by atoms with E-state index in [0.717, 1.165) is 0 Å². The van der Waals surface area contributed by atoms with Gasteiger partial charge in [0.1, 0.15) is 6.10 Å². The zero-order chi connectivity index (χ0) is 14.6. The highest BCUT2D eigenvalue weighted by atomic mass is 16.7. The Morgan fingerprint density at radius 3 is 2.11 bits per heavy atom. The first-order valence-corrected chi connectivity index (χ1v) is 7.13. The summed E-state index contributed by atoms with van der Waals surface area (Å²) in [6, 6.07) is 0. The summed E-state index contributed by atoms with van der Waals surface area (Å²) in [5.74, 6) is -0.390. The van der Waals surface area contributed by atoms with Gasteiger partial charge >= 0.3 is 0 Å². The fourth-order valence-corrected chi connectivity index (χ4v) is 2.42. The summed E-state index contributed by atoms with van der Waals surface area (Å²) >= 11 is 0. The van der Waals surface area contributed by atoms with Gasteiger partial charge in [0, 0.05) is 25.2 Å². The maximum Gasteiger partial charge on any atom is 0.227 e. The van der Waals surface area contributed by atoms with Gasteiger partial charge in [0.05, 0.1) is 5.92 Å². The van der Waals surface area contributed by atoms with E-state index in [1.807, 2.05) is 34.6 Å². The number of carbonyl (C=O) groups is 1. The van der Waals surface area contributed by atoms with E-state index >= 15 is 0 Å². The summed E-state index contributed by atoms with van der Waals surface area (Å²) < 4.78 is 17.6. The Morgan fingerprint density at radius 1 is 1.16 bits per heavy atom. The van der Waals surface area contributed by atoms with Crippen molar-refractivity contribution in [2.75, 3.05) is 13.2 Å². The molecule has 0 saturated heterocycles. The van der Waals surface area contributed by atoms with Gasteiger partial charge in [-0.1, -0.05) is 13.8 Å². The van der Waals surface area contributed by atoms with Gasteiger partial charge in [-0.05, 0) is 27.7 Å². The van der Waals surface area contributed by atoms with Crippen molar-refractivity contribution >= 4 is 5.78 Å². The fourth-order valence-electron chi connectivity index (χ4n) is 2.42. The summed E-state index contributed by atoms with van der Waals surface area (Å²) in [5.41, 5.74) is 0.620. The molecule has 0 bridgehead atoms. The van der Waals surface area contributed by atoms with Gasteiger partial charge in [0.15, 0.2) is 11.5 Å². The minimum Gasteiger partial charge on any atom is -0.488 e. The Labute approximate surface area is 116 Å². The molecule has 0 saturated carbocycles. The fraction of sp³-hybridized carbons (Fsp3) is 0.800. The highest BCUT2D eigenvalue weighted by molar-refractivity contribution is 5.98. The van der Waals surface area contributed by atoms with Crippen molar-refractivity contribution in [2.45, 2.75) is 59.9 Å². The zero-order valence-corrected chi connectivity index (χ0v) is 12.9. The maximum absolute atomic E-state index is 12.3. The predicted octanol–water partition coefficient (Wildman–Crippen LogP) is 3.06. The monoisotopic (exact) mass is 270 g/mol. The van der Waals surface area contributed by atoms with Gasteiger partial charge in [-0.25, -0.2) is 0 Å². The molecule has 0 amide bonds. The number of rotatable bonds is 6. The molecule has 1 heterocycles. The first-order chi connectivity index (χ1) is 8.93. The first-order valence-electron chi connectivity index (χ1n) is 7.13. The van der Waals surface area contributed by atoms with E-state index in [-0.39, 0.29) is 17.8 Å². The molecule has 1 rings (SSSR count). The third kappa shape index (κ3) is 3.00. The van der Waals surface area contributed by atoms with E-state index in [1.54, 1.807) is 6.92 Å². The van der Waals surface area contributed by atoms with Crippen molar-refractivity contribution in [2.24, 2.45) is 5.92 Å². The van der Waals surface area contributed by atoms with Crippen LogP contribution in [-0.2, 0) is 19.0 Å². The number of ketones is 1. The third-order valence-electron chi connectivity index (χ3n) is 3.70. The van der Waals surface area contributed by atoms with Crippen molar-refractivity contribution in [3.63, 3.8) is 0 Å². The zero-order valence-electron chi connectivity index (χ0n) is 12.9. The minimum absolute atomic E-state index is 0.117. The molecule has 2 unspecified atom stereocenters. The topological polar surface area (TPSA) is 44.8 Å². The molecule has 0 aromatic rings. The lowest BCUT2D eigenvalue weighted by molar-refractivity contribution is -0.237. The molecule has 4 heteroatoms. The molecular formula is C15H26O4. The van der Waals surface area contributed by atoms with Crippen LogP contribution in [0.2, 0.25) is 0 Å². The molecule has 0 spiro atoms. The van der Waals surface area contributed by atoms with E-state index in [4.69, 9.17) is 14.2 Å². The summed E-state index contributed by atoms with van der Waals surface area (Å²) in [6.45, 7) is 12.4. The molecular weight excluding hydrogens is 244 g/mol. The van der Waals surface area contributed by atoms with Gasteiger partial charge in [0.2, 0.25) is 5.79 Å². The Kier molecular flexibility index (Phi) is 5.56. The summed E-state index contributed by atoms with van der Waals surface area (Å²) in [7, 11) is 0. The number of ether oxygens (including phenoxy) is 3. The van der Waals surface area contributed by atoms with Crippen LogP contribution >= 0.6 is 0 Å². The smallest absolute Gasteiger partial charge is 0.227 e. The normalized spacial score (nSPS) is 24.6. The molecule has 2 atom stereocenters. The summed E-state index contributed by atoms with van der Waals surface area (Å²) in [4.78, 5) is 12.3. The Hall–Kier alpha value is -0.870. The van der Waals surface area contributed by atoms with Crippen molar-refractivity contribution in [3.05, 3.63) is 11.3 Å². The molecule has 0 fully saturated rings. The van der Waals surface area contributed by atoms with Gasteiger partial charge < -0.3 is 14.2 Å². The largest absolute Gasteiger partial charge is 0.488 e. The van der Waals surface area contributed by atoms with E-state index in [2.05, 4.69) is 0 Å². The molecule has 0 aromatic carbocycles. The maximum atomic E-state index is 12.3. The number of hydrogen-bond acceptors (Lipinski definition) is 4. The summed E-state index contributed by atoms with van der Waals surface area (Å²) in [5, 5.41) is 0. The average Bonchev–Trinajstić information content (AvgIpc) is 2.40. The predicted molar refractivity (Wildman–Crippen MR) is 73.7 cm³/mol. The van der Waals surface area contributed by atoms with Gasteiger partial charge in [-0.15, -0.1) is 0 Å². The molecule has 1 aliphatic heterocycles. The lowest BCUT2D eigenvalue weighted by atomic mass is 9.89. The lowest BCUT2D eigenvalue weighted by Gasteiger charge is -2.39. The van der Waals surface area contributed by atoms with E-state index < -0.39 is 5.79 Å². The van der Waals surface area contributed by atoms with E-state index in [0.29, 0.717) is 31.0 Å². The van der Waals surface area contributed by atoms with Crippen molar-refractivity contribution in [1.29, 1.82) is 0 Å². The Bertz CT molecular complexity index is 353. The van der Waals surface area contributed by atoms with Crippen LogP contribution in [-0.4, -0.2) is 30.9 Å². The number of carbonyl (C=O) groups excluding carboxylic acids is 1. The molecule has 0 radical (unpaired) electrons. The molecule has 110 valence electrons. The van der Waals surface area contributed by atoms with Crippen LogP contribution < -0.4 is 0 Å². The Balaban J connectivity index is 3.23.